The van der Waals surface area contributed by atoms with E-state index in [1.54, 1.807) is 0 Å². The Kier molecular flexibility index (Phi) is 5.43. The minimum Gasteiger partial charge on any atom is -0.504 e. The lowest BCUT2D eigenvalue weighted by Crippen LogP contribution is -2.19. The lowest BCUT2D eigenvalue weighted by Gasteiger charge is -2.06. The average Bonchev–Trinajstić information content (AvgIpc) is 2.62. The number of carbonyl (C=O) groups is 1. The van der Waals surface area contributed by atoms with Gasteiger partial charge in [0.05, 0.1) is 29.2 Å². The average molecular weight is 360 g/mol. The van der Waals surface area contributed by atoms with E-state index in [1.807, 2.05) is 0 Å². The summed E-state index contributed by atoms with van der Waals surface area (Å²) in [5.74, 6) is -1.42. The van der Waals surface area contributed by atoms with Crippen LogP contribution in [-0.4, -0.2) is 34.2 Å². The van der Waals surface area contributed by atoms with Crippen LogP contribution in [0.3, 0.4) is 0 Å². The van der Waals surface area contributed by atoms with E-state index in [1.165, 1.54) is 25.3 Å². The second kappa shape index (κ2) is 7.70. The van der Waals surface area contributed by atoms with Gasteiger partial charge in [-0.05, 0) is 6.07 Å². The van der Waals surface area contributed by atoms with Crippen molar-refractivity contribution in [3.8, 4) is 11.5 Å². The summed E-state index contributed by atoms with van der Waals surface area (Å²) in [5, 5.41) is 35.3. The highest BCUT2D eigenvalue weighted by molar-refractivity contribution is 5.98. The summed E-state index contributed by atoms with van der Waals surface area (Å²) >= 11 is 0. The summed E-state index contributed by atoms with van der Waals surface area (Å²) < 4.78 is 4.84. The number of nitro groups is 2. The van der Waals surface area contributed by atoms with Crippen LogP contribution >= 0.6 is 0 Å². The summed E-state index contributed by atoms with van der Waals surface area (Å²) in [6.07, 6.45) is 0.956. The molecule has 11 nitrogen and oxygen atoms in total. The van der Waals surface area contributed by atoms with Crippen molar-refractivity contribution >= 4 is 23.5 Å². The maximum atomic E-state index is 12.0. The Hall–Kier alpha value is -4.02. The number of nitrogens with one attached hydrogen (secondary N) is 1. The Bertz CT molecular complexity index is 911. The molecular formula is C15H12N4O7. The highest BCUT2D eigenvalue weighted by Crippen LogP contribution is 2.33. The van der Waals surface area contributed by atoms with Crippen molar-refractivity contribution < 1.29 is 24.5 Å². The van der Waals surface area contributed by atoms with E-state index in [0.717, 1.165) is 24.4 Å². The van der Waals surface area contributed by atoms with Crippen LogP contribution < -0.4 is 10.2 Å². The van der Waals surface area contributed by atoms with Crippen molar-refractivity contribution in [2.75, 3.05) is 7.11 Å². The predicted octanol–water partition coefficient (Wildman–Crippen LogP) is 1.98. The van der Waals surface area contributed by atoms with E-state index >= 15 is 0 Å². The molecule has 0 spiro atoms. The molecule has 11 heteroatoms. The van der Waals surface area contributed by atoms with Gasteiger partial charge in [0.1, 0.15) is 5.56 Å². The van der Waals surface area contributed by atoms with Crippen LogP contribution in [0.1, 0.15) is 15.9 Å². The van der Waals surface area contributed by atoms with Gasteiger partial charge in [0.2, 0.25) is 0 Å². The zero-order valence-corrected chi connectivity index (χ0v) is 13.3. The number of hydrogen-bond donors (Lipinski definition) is 2. The lowest BCUT2D eigenvalue weighted by atomic mass is 10.1. The molecule has 0 saturated heterocycles. The number of nitrogens with zero attached hydrogens (tertiary/aromatic N) is 3. The predicted molar refractivity (Wildman–Crippen MR) is 89.5 cm³/mol. The molecular weight excluding hydrogens is 348 g/mol. The van der Waals surface area contributed by atoms with Gasteiger partial charge in [-0.3, -0.25) is 25.0 Å². The number of aromatic hydroxyl groups is 1. The summed E-state index contributed by atoms with van der Waals surface area (Å²) in [6.45, 7) is 0. The van der Waals surface area contributed by atoms with Gasteiger partial charge in [-0.2, -0.15) is 5.10 Å². The molecule has 0 radical (unpaired) electrons. The van der Waals surface area contributed by atoms with E-state index < -0.39 is 27.2 Å². The van der Waals surface area contributed by atoms with Crippen LogP contribution in [0.15, 0.2) is 41.5 Å². The number of rotatable bonds is 6. The number of amides is 1. The van der Waals surface area contributed by atoms with Gasteiger partial charge >= 0.3 is 0 Å². The number of hydrogen-bond acceptors (Lipinski definition) is 8. The van der Waals surface area contributed by atoms with Crippen LogP contribution in [0.4, 0.5) is 11.4 Å². The number of benzene rings is 2. The van der Waals surface area contributed by atoms with Crippen LogP contribution in [0.25, 0.3) is 0 Å². The van der Waals surface area contributed by atoms with Crippen LogP contribution in [-0.2, 0) is 0 Å². The molecule has 26 heavy (non-hydrogen) atoms. The molecule has 0 atom stereocenters. The van der Waals surface area contributed by atoms with Crippen molar-refractivity contribution in [3.05, 3.63) is 67.8 Å². The smallest absolute Gasteiger partial charge is 0.282 e. The highest BCUT2D eigenvalue weighted by atomic mass is 16.6. The fourth-order valence-electron chi connectivity index (χ4n) is 2.02. The lowest BCUT2D eigenvalue weighted by molar-refractivity contribution is -0.385. The summed E-state index contributed by atoms with van der Waals surface area (Å²) in [5.41, 5.74) is 1.01. The first-order chi connectivity index (χ1) is 12.3. The molecule has 0 aromatic heterocycles. The number of ether oxygens (including phenoxy) is 1. The third kappa shape index (κ3) is 3.90. The number of phenols is 1. The van der Waals surface area contributed by atoms with E-state index in [-0.39, 0.29) is 22.6 Å². The first-order valence-corrected chi connectivity index (χ1v) is 6.97. The van der Waals surface area contributed by atoms with Crippen molar-refractivity contribution in [1.82, 2.24) is 5.43 Å². The minimum absolute atomic E-state index is 0.0843. The number of non-ortho nitro benzene ring substituents is 1. The van der Waals surface area contributed by atoms with Crippen LogP contribution in [0.5, 0.6) is 11.5 Å². The standard InChI is InChI=1S/C15H12N4O7/c1-26-13-7-10(18(22)23)6-9(14(13)20)8-16-17-15(21)11-4-2-3-5-12(11)19(24)25/h2-8,20H,1H3,(H,17,21)/b16-8+. The summed E-state index contributed by atoms with van der Waals surface area (Å²) in [4.78, 5) is 32.4. The molecule has 2 aromatic rings. The van der Waals surface area contributed by atoms with Gasteiger partial charge < -0.3 is 9.84 Å². The Morgan fingerprint density at radius 3 is 2.54 bits per heavy atom. The Morgan fingerprint density at radius 2 is 1.92 bits per heavy atom. The highest BCUT2D eigenvalue weighted by Gasteiger charge is 2.19. The molecule has 0 saturated carbocycles. The molecule has 0 aliphatic rings. The zero-order chi connectivity index (χ0) is 19.3. The fourth-order valence-corrected chi connectivity index (χ4v) is 2.02. The molecule has 0 aliphatic carbocycles. The Labute approximate surface area is 145 Å². The Balaban J connectivity index is 2.26. The maximum absolute atomic E-state index is 12.0. The molecule has 134 valence electrons. The van der Waals surface area contributed by atoms with Gasteiger partial charge in [-0.1, -0.05) is 12.1 Å². The van der Waals surface area contributed by atoms with Crippen molar-refractivity contribution in [3.63, 3.8) is 0 Å². The number of nitro benzene ring substituents is 2. The minimum atomic E-state index is -0.856. The van der Waals surface area contributed by atoms with Gasteiger partial charge in [0.15, 0.2) is 11.5 Å². The van der Waals surface area contributed by atoms with Crippen molar-refractivity contribution in [2.45, 2.75) is 0 Å². The topological polar surface area (TPSA) is 157 Å². The van der Waals surface area contributed by atoms with Crippen molar-refractivity contribution in [1.29, 1.82) is 0 Å². The van der Waals surface area contributed by atoms with Gasteiger partial charge in [-0.15, -0.1) is 0 Å². The molecule has 0 fully saturated rings. The van der Waals surface area contributed by atoms with E-state index in [4.69, 9.17) is 4.74 Å². The monoisotopic (exact) mass is 360 g/mol. The largest absolute Gasteiger partial charge is 0.504 e. The zero-order valence-electron chi connectivity index (χ0n) is 13.3. The fraction of sp³-hybridized carbons (Fsp3) is 0.0667. The number of carbonyl (C=O) groups excluding carboxylic acids is 1. The Morgan fingerprint density at radius 1 is 1.23 bits per heavy atom. The number of hydrazone groups is 1. The van der Waals surface area contributed by atoms with E-state index in [0.29, 0.717) is 0 Å². The summed E-state index contributed by atoms with van der Waals surface area (Å²) in [6, 6.07) is 7.32. The third-order valence-electron chi connectivity index (χ3n) is 3.24. The first-order valence-electron chi connectivity index (χ1n) is 6.97. The first kappa shape index (κ1) is 18.3. The van der Waals surface area contributed by atoms with Gasteiger partial charge in [-0.25, -0.2) is 5.43 Å². The molecule has 1 amide bonds. The van der Waals surface area contributed by atoms with Gasteiger partial charge in [0, 0.05) is 17.7 Å². The molecule has 0 unspecified atom stereocenters. The van der Waals surface area contributed by atoms with Crippen molar-refractivity contribution in [2.24, 2.45) is 5.10 Å². The maximum Gasteiger partial charge on any atom is 0.282 e. The number of methoxy groups -OCH3 is 1. The molecule has 2 aromatic carbocycles. The molecule has 0 bridgehead atoms. The molecule has 2 rings (SSSR count). The molecule has 2 N–H and O–H groups in total. The second-order valence-electron chi connectivity index (χ2n) is 4.82. The van der Waals surface area contributed by atoms with Gasteiger partial charge in [0.25, 0.3) is 17.3 Å². The molecule has 0 heterocycles. The number of para-hydroxylation sites is 1. The van der Waals surface area contributed by atoms with Crippen LogP contribution in [0.2, 0.25) is 0 Å². The number of phenolic OH excluding ortho intramolecular Hbond substituents is 1. The van der Waals surface area contributed by atoms with E-state index in [9.17, 15) is 30.1 Å². The normalized spacial score (nSPS) is 10.5. The third-order valence-corrected chi connectivity index (χ3v) is 3.24. The van der Waals surface area contributed by atoms with E-state index in [2.05, 4.69) is 10.5 Å². The molecule has 0 aliphatic heterocycles. The quantitative estimate of drug-likeness (QED) is 0.453. The SMILES string of the molecule is COc1cc([N+](=O)[O-])cc(/C=N/NC(=O)c2ccccc2[N+](=O)[O-])c1O. The second-order valence-corrected chi connectivity index (χ2v) is 4.82. The van der Waals surface area contributed by atoms with Crippen LogP contribution in [0, 0.1) is 20.2 Å². The summed E-state index contributed by atoms with van der Waals surface area (Å²) in [7, 11) is 1.22.